The summed E-state index contributed by atoms with van der Waals surface area (Å²) in [6, 6.07) is 2.23. The van der Waals surface area contributed by atoms with Gasteiger partial charge >= 0.3 is 0 Å². The number of nitrogens with zero attached hydrogens (tertiary/aromatic N) is 3. The molecule has 1 spiro atoms. The van der Waals surface area contributed by atoms with Gasteiger partial charge in [-0.1, -0.05) is 46.3 Å². The molecule has 0 heterocycles. The molecule has 7 heteroatoms. The number of carbonyl (C=O) groups is 2. The lowest BCUT2D eigenvalue weighted by atomic mass is 9.34. The van der Waals surface area contributed by atoms with Crippen molar-refractivity contribution in [2.24, 2.45) is 54.6 Å². The highest BCUT2D eigenvalue weighted by atomic mass is 32.2. The number of carbonyl (C=O) groups excluding carboxylic acids is 2. The van der Waals surface area contributed by atoms with Gasteiger partial charge in [-0.05, 0) is 104 Å². The van der Waals surface area contributed by atoms with E-state index in [1.165, 1.54) is 0 Å². The van der Waals surface area contributed by atoms with E-state index in [4.69, 9.17) is 5.26 Å². The molecule has 0 amide bonds. The second kappa shape index (κ2) is 8.66. The van der Waals surface area contributed by atoms with Gasteiger partial charge in [-0.15, -0.1) is 4.36 Å². The summed E-state index contributed by atoms with van der Waals surface area (Å²) < 4.78 is 16.8. The van der Waals surface area contributed by atoms with Gasteiger partial charge in [0.25, 0.3) is 0 Å². The summed E-state index contributed by atoms with van der Waals surface area (Å²) in [4.78, 5) is 27.9. The number of fused-ring (bicyclic) bond motifs is 8. The van der Waals surface area contributed by atoms with Crippen molar-refractivity contribution in [3.63, 3.8) is 0 Å². The largest absolute Gasteiger partial charge is 0.295 e. The van der Waals surface area contributed by atoms with Gasteiger partial charge in [0.1, 0.15) is 6.07 Å². The second-order valence-corrected chi connectivity index (χ2v) is 18.7. The van der Waals surface area contributed by atoms with Gasteiger partial charge in [0, 0.05) is 28.8 Å². The Kier molecular flexibility index (Phi) is 6.09. The average molecular weight is 576 g/mol. The van der Waals surface area contributed by atoms with Crippen molar-refractivity contribution in [2.45, 2.75) is 98.8 Å². The lowest BCUT2D eigenvalue weighted by Gasteiger charge is -2.69. The zero-order chi connectivity index (χ0) is 29.9. The zero-order valence-corrected chi connectivity index (χ0v) is 26.5. The van der Waals surface area contributed by atoms with E-state index >= 15 is 0 Å². The maximum Gasteiger partial charge on any atom is 0.214 e. The lowest BCUT2D eigenvalue weighted by Crippen LogP contribution is -2.64. The molecule has 1 unspecified atom stereocenters. The lowest BCUT2D eigenvalue weighted by molar-refractivity contribution is -0.170. The molecule has 6 aliphatic rings. The second-order valence-electron chi connectivity index (χ2n) is 16.2. The Morgan fingerprint density at radius 1 is 1.00 bits per heavy atom. The van der Waals surface area contributed by atoms with E-state index in [2.05, 4.69) is 45.1 Å². The van der Waals surface area contributed by atoms with Gasteiger partial charge in [0.15, 0.2) is 11.6 Å². The Morgan fingerprint density at radius 3 is 2.32 bits per heavy atom. The van der Waals surface area contributed by atoms with Crippen LogP contribution in [0.5, 0.6) is 0 Å². The van der Waals surface area contributed by atoms with Gasteiger partial charge in [-0.25, -0.2) is 4.21 Å². The molecule has 6 aliphatic carbocycles. The predicted octanol–water partition coefficient (Wildman–Crippen LogP) is 6.93. The first-order valence-corrected chi connectivity index (χ1v) is 17.6. The Hall–Kier alpha value is -2.25. The van der Waals surface area contributed by atoms with E-state index in [1.54, 1.807) is 12.4 Å². The molecule has 0 aromatic rings. The molecule has 41 heavy (non-hydrogen) atoms. The number of hydrogen-bond donors (Lipinski definition) is 0. The van der Waals surface area contributed by atoms with E-state index < -0.39 is 20.6 Å². The minimum absolute atomic E-state index is 0.0282. The molecule has 0 aromatic heterocycles. The first kappa shape index (κ1) is 28.9. The van der Waals surface area contributed by atoms with Crippen LogP contribution in [0.3, 0.4) is 0 Å². The molecule has 0 saturated heterocycles. The van der Waals surface area contributed by atoms with E-state index in [1.807, 2.05) is 12.2 Å². The molecular formula is C34H45N3O3S. The summed E-state index contributed by atoms with van der Waals surface area (Å²) in [6.07, 6.45) is 16.6. The first-order valence-electron chi connectivity index (χ1n) is 15.6. The molecule has 0 aliphatic heterocycles. The first-order chi connectivity index (χ1) is 19.0. The van der Waals surface area contributed by atoms with Crippen molar-refractivity contribution in [2.75, 3.05) is 12.0 Å². The van der Waals surface area contributed by atoms with E-state index in [9.17, 15) is 19.1 Å². The summed E-state index contributed by atoms with van der Waals surface area (Å²) >= 11 is 0. The number of hydrogen-bond acceptors (Lipinski definition) is 6. The molecule has 4 fully saturated rings. The van der Waals surface area contributed by atoms with Crippen molar-refractivity contribution in [3.05, 3.63) is 23.3 Å². The Balaban J connectivity index is 1.47. The standard InChI is InChI=1S/C34H45N3O3S/c1-29(2)9-11-33(15-16-41(6,40)37-21-36)12-10-32(5)27(23(33)19-29)24(38)17-26-30(3)18-22(20-35)28(39)34(13-14-34)25(30)7-8-31(26,32)4/h17-18,23,25,27H,7-16,19H2,1-6H3/t23-,25+,27-,30-,31+,32+,33+,41?/m0/s1. The fourth-order valence-corrected chi connectivity index (χ4v) is 12.1. The predicted molar refractivity (Wildman–Crippen MR) is 158 cm³/mol. The van der Waals surface area contributed by atoms with Crippen LogP contribution in [0.15, 0.2) is 27.7 Å². The number of allylic oxidation sites excluding steroid dienone is 4. The SMILES string of the molecule is CC1(C)CC[C@]2(CCS(C)(=O)=NC#N)CC[C@]3(C)[C@H](C(=O)C=C4[C@@]5(C)C=C(C#N)C(=O)C6(CC6)[C@@H]5CC[C@]43C)[C@@H]2C1. The van der Waals surface area contributed by atoms with E-state index in [0.717, 1.165) is 69.8 Å². The minimum Gasteiger partial charge on any atom is -0.295 e. The van der Waals surface area contributed by atoms with Crippen molar-refractivity contribution < 1.29 is 13.8 Å². The third-order valence-electron chi connectivity index (χ3n) is 13.7. The van der Waals surface area contributed by atoms with Crippen molar-refractivity contribution in [1.29, 1.82) is 10.5 Å². The van der Waals surface area contributed by atoms with Crippen LogP contribution < -0.4 is 0 Å². The molecule has 4 saturated carbocycles. The van der Waals surface area contributed by atoms with Gasteiger partial charge in [-0.3, -0.25) is 9.59 Å². The topological polar surface area (TPSA) is 111 Å². The maximum absolute atomic E-state index is 14.6. The normalized spacial score (nSPS) is 44.8. The molecule has 0 bridgehead atoms. The van der Waals surface area contributed by atoms with Crippen LogP contribution in [0.4, 0.5) is 0 Å². The molecule has 6 rings (SSSR count). The highest BCUT2D eigenvalue weighted by Crippen LogP contribution is 2.77. The third-order valence-corrected chi connectivity index (χ3v) is 15.1. The zero-order valence-electron chi connectivity index (χ0n) is 25.6. The van der Waals surface area contributed by atoms with Crippen LogP contribution in [0.25, 0.3) is 0 Å². The summed E-state index contributed by atoms with van der Waals surface area (Å²) in [6.45, 7) is 11.6. The summed E-state index contributed by atoms with van der Waals surface area (Å²) in [5.41, 5.74) is 0.133. The summed E-state index contributed by atoms with van der Waals surface area (Å²) in [7, 11) is -2.59. The Labute approximate surface area is 246 Å². The molecule has 6 nitrogen and oxygen atoms in total. The molecular weight excluding hydrogens is 530 g/mol. The van der Waals surface area contributed by atoms with Gasteiger partial charge in [0.05, 0.1) is 15.3 Å². The average Bonchev–Trinajstić information content (AvgIpc) is 3.68. The molecule has 0 radical (unpaired) electrons. The number of nitriles is 2. The summed E-state index contributed by atoms with van der Waals surface area (Å²) in [5, 5.41) is 19.1. The van der Waals surface area contributed by atoms with E-state index in [-0.39, 0.29) is 56.6 Å². The Morgan fingerprint density at radius 2 is 1.68 bits per heavy atom. The highest BCUT2D eigenvalue weighted by Gasteiger charge is 2.72. The van der Waals surface area contributed by atoms with Crippen LogP contribution in [0.2, 0.25) is 0 Å². The van der Waals surface area contributed by atoms with Crippen LogP contribution in [0, 0.1) is 73.0 Å². The highest BCUT2D eigenvalue weighted by molar-refractivity contribution is 7.93. The summed E-state index contributed by atoms with van der Waals surface area (Å²) in [5.74, 6) is 0.838. The smallest absolute Gasteiger partial charge is 0.214 e. The monoisotopic (exact) mass is 575 g/mol. The fourth-order valence-electron chi connectivity index (χ4n) is 11.1. The number of rotatable bonds is 3. The van der Waals surface area contributed by atoms with Crippen molar-refractivity contribution >= 4 is 21.3 Å². The molecule has 220 valence electrons. The van der Waals surface area contributed by atoms with Crippen molar-refractivity contribution in [3.8, 4) is 12.3 Å². The molecule has 0 aromatic carbocycles. The van der Waals surface area contributed by atoms with Crippen molar-refractivity contribution in [1.82, 2.24) is 0 Å². The molecule has 0 N–H and O–H groups in total. The third kappa shape index (κ3) is 3.80. The fraction of sp³-hybridized carbons (Fsp3) is 0.765. The Bertz CT molecular complexity index is 1510. The minimum atomic E-state index is -2.59. The van der Waals surface area contributed by atoms with Gasteiger partial charge in [-0.2, -0.15) is 10.5 Å². The van der Waals surface area contributed by atoms with Crippen LogP contribution in [0.1, 0.15) is 98.8 Å². The van der Waals surface area contributed by atoms with Crippen LogP contribution >= 0.6 is 0 Å². The number of Topliss-reactive ketones (excluding diaryl/α,β-unsaturated/α-hetero) is 1. The molecule has 8 atom stereocenters. The quantitative estimate of drug-likeness (QED) is 0.339. The van der Waals surface area contributed by atoms with Crippen LogP contribution in [-0.2, 0) is 19.3 Å². The van der Waals surface area contributed by atoms with Gasteiger partial charge in [0.2, 0.25) is 6.19 Å². The van der Waals surface area contributed by atoms with E-state index in [0.29, 0.717) is 5.75 Å². The van der Waals surface area contributed by atoms with Gasteiger partial charge < -0.3 is 0 Å². The number of ketones is 2. The maximum atomic E-state index is 14.6. The van der Waals surface area contributed by atoms with Crippen LogP contribution in [-0.4, -0.2) is 27.8 Å².